The predicted octanol–water partition coefficient (Wildman–Crippen LogP) is 4.83. The first-order chi connectivity index (χ1) is 17.5. The Kier molecular flexibility index (Phi) is 8.13. The van der Waals surface area contributed by atoms with Gasteiger partial charge in [-0.1, -0.05) is 55.7 Å². The number of nitrogens with one attached hydrogen (secondary N) is 1. The Morgan fingerprint density at radius 1 is 1.03 bits per heavy atom. The van der Waals surface area contributed by atoms with Crippen molar-refractivity contribution in [1.82, 2.24) is 4.98 Å². The summed E-state index contributed by atoms with van der Waals surface area (Å²) in [5, 5.41) is 11.4. The normalized spacial score (nSPS) is 14.9. The summed E-state index contributed by atoms with van der Waals surface area (Å²) in [6, 6.07) is 17.6. The van der Waals surface area contributed by atoms with E-state index in [0.29, 0.717) is 16.8 Å². The number of H-pyrrole nitrogens is 1. The number of hydrogen-bond donors (Lipinski definition) is 2. The number of anilines is 1. The predicted molar refractivity (Wildman–Crippen MR) is 139 cm³/mol. The lowest BCUT2D eigenvalue weighted by Gasteiger charge is -2.33. The van der Waals surface area contributed by atoms with Gasteiger partial charge in [0, 0.05) is 35.5 Å². The van der Waals surface area contributed by atoms with E-state index in [9.17, 15) is 19.5 Å². The zero-order valence-electron chi connectivity index (χ0n) is 20.2. The fraction of sp³-hybridized carbons (Fsp3) is 0.276. The fourth-order valence-corrected chi connectivity index (χ4v) is 4.53. The maximum atomic E-state index is 13.7. The maximum Gasteiger partial charge on any atom is 0.330 e. The molecule has 2 aromatic carbocycles. The number of nitrogens with zero attached hydrogens (tertiary/aromatic N) is 1. The fourth-order valence-electron chi connectivity index (χ4n) is 4.53. The van der Waals surface area contributed by atoms with Crippen LogP contribution in [0.3, 0.4) is 0 Å². The van der Waals surface area contributed by atoms with Crippen molar-refractivity contribution in [2.75, 3.05) is 12.0 Å². The van der Waals surface area contributed by atoms with Gasteiger partial charge in [0.15, 0.2) is 6.23 Å². The van der Waals surface area contributed by atoms with Crippen molar-refractivity contribution in [3.63, 3.8) is 0 Å². The van der Waals surface area contributed by atoms with E-state index in [0.717, 1.165) is 43.2 Å². The average Bonchev–Trinajstić information content (AvgIpc) is 2.93. The lowest BCUT2D eigenvalue weighted by molar-refractivity contribution is -0.134. The number of ether oxygens (including phenoxy) is 1. The Bertz CT molecular complexity index is 1270. The molecule has 3 aromatic rings. The molecule has 1 amide bonds. The van der Waals surface area contributed by atoms with Gasteiger partial charge >= 0.3 is 5.97 Å². The van der Waals surface area contributed by atoms with Gasteiger partial charge in [-0.3, -0.25) is 14.5 Å². The van der Waals surface area contributed by atoms with Crippen LogP contribution in [0.2, 0.25) is 0 Å². The molecule has 36 heavy (non-hydrogen) atoms. The van der Waals surface area contributed by atoms with Gasteiger partial charge in [0.2, 0.25) is 11.5 Å². The van der Waals surface area contributed by atoms with Crippen molar-refractivity contribution < 1.29 is 19.4 Å². The summed E-state index contributed by atoms with van der Waals surface area (Å²) in [5.74, 6) is -0.734. The highest BCUT2D eigenvalue weighted by Crippen LogP contribution is 2.33. The molecule has 0 bridgehead atoms. The maximum absolute atomic E-state index is 13.7. The summed E-state index contributed by atoms with van der Waals surface area (Å²) in [4.78, 5) is 40.7. The summed E-state index contributed by atoms with van der Waals surface area (Å²) >= 11 is 0. The molecule has 1 atom stereocenters. The summed E-state index contributed by atoms with van der Waals surface area (Å²) in [7, 11) is 1.31. The summed E-state index contributed by atoms with van der Waals surface area (Å²) < 4.78 is 4.66. The Hall–Kier alpha value is -3.97. The van der Waals surface area contributed by atoms with Gasteiger partial charge in [0.25, 0.3) is 0 Å². The second-order valence-electron chi connectivity index (χ2n) is 8.93. The van der Waals surface area contributed by atoms with Crippen molar-refractivity contribution in [2.24, 2.45) is 5.92 Å². The van der Waals surface area contributed by atoms with E-state index in [1.807, 2.05) is 18.2 Å². The van der Waals surface area contributed by atoms with Crippen molar-refractivity contribution in [2.45, 2.75) is 38.3 Å². The molecule has 0 saturated heterocycles. The van der Waals surface area contributed by atoms with E-state index >= 15 is 0 Å². The molecular formula is C29H30N2O5. The number of benzene rings is 2. The number of aliphatic hydroxyl groups is 1. The van der Waals surface area contributed by atoms with Crippen LogP contribution in [0.25, 0.3) is 17.2 Å². The van der Waals surface area contributed by atoms with E-state index in [2.05, 4.69) is 9.72 Å². The van der Waals surface area contributed by atoms with Crippen LogP contribution in [0.1, 0.15) is 49.5 Å². The first-order valence-electron chi connectivity index (χ1n) is 12.1. The number of carbonyl (C=O) groups is 2. The highest BCUT2D eigenvalue weighted by atomic mass is 16.5. The molecule has 7 heteroatoms. The minimum Gasteiger partial charge on any atom is -0.466 e. The van der Waals surface area contributed by atoms with Gasteiger partial charge < -0.3 is 14.8 Å². The molecule has 1 aromatic heterocycles. The van der Waals surface area contributed by atoms with Crippen LogP contribution in [0, 0.1) is 5.92 Å². The van der Waals surface area contributed by atoms with Gasteiger partial charge in [-0.25, -0.2) is 4.79 Å². The highest BCUT2D eigenvalue weighted by Gasteiger charge is 2.31. The van der Waals surface area contributed by atoms with Gasteiger partial charge in [-0.05, 0) is 53.8 Å². The molecule has 1 aliphatic rings. The minimum absolute atomic E-state index is 0.110. The Balaban J connectivity index is 1.66. The molecule has 4 rings (SSSR count). The first-order valence-corrected chi connectivity index (χ1v) is 12.1. The number of rotatable bonds is 7. The SMILES string of the molecule is COC(=O)/C=C/c1cccc(N(C(=O)C2CCCCC2)C(O)c2ccc(-c3ccc(=O)[nH]c3)cc2)c1. The number of carbonyl (C=O) groups excluding carboxylic acids is 2. The lowest BCUT2D eigenvalue weighted by atomic mass is 9.88. The Labute approximate surface area is 210 Å². The van der Waals surface area contributed by atoms with Crippen LogP contribution in [-0.2, 0) is 14.3 Å². The van der Waals surface area contributed by atoms with E-state index in [1.54, 1.807) is 48.7 Å². The largest absolute Gasteiger partial charge is 0.466 e. The molecule has 1 fully saturated rings. The van der Waals surface area contributed by atoms with Crippen molar-refractivity contribution >= 4 is 23.6 Å². The number of aromatic amines is 1. The molecule has 2 N–H and O–H groups in total. The van der Waals surface area contributed by atoms with Crippen LogP contribution in [-0.4, -0.2) is 29.1 Å². The second kappa shape index (κ2) is 11.6. The average molecular weight is 487 g/mol. The molecule has 186 valence electrons. The van der Waals surface area contributed by atoms with Crippen LogP contribution < -0.4 is 10.5 Å². The number of pyridine rings is 1. The quantitative estimate of drug-likeness (QED) is 0.283. The van der Waals surface area contributed by atoms with Crippen molar-refractivity contribution in [3.8, 4) is 11.1 Å². The third-order valence-electron chi connectivity index (χ3n) is 6.52. The van der Waals surface area contributed by atoms with Crippen LogP contribution in [0.15, 0.2) is 77.7 Å². The number of aromatic nitrogens is 1. The van der Waals surface area contributed by atoms with Crippen molar-refractivity contribution in [1.29, 1.82) is 0 Å². The summed E-state index contributed by atoms with van der Waals surface area (Å²) in [6.07, 6.45) is 8.09. The molecule has 1 unspecified atom stereocenters. The molecule has 1 aliphatic carbocycles. The van der Waals surface area contributed by atoms with E-state index in [4.69, 9.17) is 0 Å². The van der Waals surface area contributed by atoms with Crippen LogP contribution in [0.5, 0.6) is 0 Å². The summed E-state index contributed by atoms with van der Waals surface area (Å²) in [5.41, 5.74) is 3.38. The standard InChI is InChI=1S/C29H30N2O5/c1-36-27(33)17-10-20-6-5-9-25(18-20)31(28(34)22-7-3-2-4-8-22)29(35)23-13-11-21(12-14-23)24-15-16-26(32)30-19-24/h5-6,9-19,22,29,35H,2-4,7-8H2,1H3,(H,30,32)/b17-10+. The second-order valence-corrected chi connectivity index (χ2v) is 8.93. The van der Waals surface area contributed by atoms with Gasteiger partial charge in [-0.15, -0.1) is 0 Å². The van der Waals surface area contributed by atoms with Gasteiger partial charge in [-0.2, -0.15) is 0 Å². The Morgan fingerprint density at radius 2 is 1.75 bits per heavy atom. The first kappa shape index (κ1) is 25.1. The van der Waals surface area contributed by atoms with Gasteiger partial charge in [0.1, 0.15) is 0 Å². The van der Waals surface area contributed by atoms with Crippen LogP contribution in [0.4, 0.5) is 5.69 Å². The van der Waals surface area contributed by atoms with E-state index in [-0.39, 0.29) is 17.4 Å². The molecule has 0 aliphatic heterocycles. The Morgan fingerprint density at radius 3 is 2.42 bits per heavy atom. The topological polar surface area (TPSA) is 99.7 Å². The number of aliphatic hydroxyl groups excluding tert-OH is 1. The van der Waals surface area contributed by atoms with Crippen molar-refractivity contribution in [3.05, 3.63) is 94.4 Å². The number of hydrogen-bond acceptors (Lipinski definition) is 5. The molecule has 0 spiro atoms. The highest BCUT2D eigenvalue weighted by molar-refractivity contribution is 5.96. The molecule has 0 radical (unpaired) electrons. The van der Waals surface area contributed by atoms with Crippen LogP contribution >= 0.6 is 0 Å². The monoisotopic (exact) mass is 486 g/mol. The zero-order valence-corrected chi connectivity index (χ0v) is 20.2. The number of esters is 1. The third kappa shape index (κ3) is 5.98. The molecule has 1 saturated carbocycles. The summed E-state index contributed by atoms with van der Waals surface area (Å²) in [6.45, 7) is 0. The molecular weight excluding hydrogens is 456 g/mol. The molecule has 1 heterocycles. The minimum atomic E-state index is -1.19. The molecule has 7 nitrogen and oxygen atoms in total. The van der Waals surface area contributed by atoms with E-state index < -0.39 is 12.2 Å². The number of methoxy groups -OCH3 is 1. The van der Waals surface area contributed by atoms with E-state index in [1.165, 1.54) is 24.2 Å². The number of amides is 1. The lowest BCUT2D eigenvalue weighted by Crippen LogP contribution is -2.40. The smallest absolute Gasteiger partial charge is 0.330 e. The third-order valence-corrected chi connectivity index (χ3v) is 6.52. The van der Waals surface area contributed by atoms with Gasteiger partial charge in [0.05, 0.1) is 7.11 Å². The zero-order chi connectivity index (χ0) is 25.5.